The van der Waals surface area contributed by atoms with Gasteiger partial charge in [-0.25, -0.2) is 9.78 Å². The first-order valence-electron chi connectivity index (χ1n) is 9.81. The van der Waals surface area contributed by atoms with Crippen molar-refractivity contribution in [2.75, 3.05) is 42.9 Å². The number of carbonyl (C=O) groups is 2. The van der Waals surface area contributed by atoms with Gasteiger partial charge in [-0.2, -0.15) is 0 Å². The topological polar surface area (TPSA) is 126 Å². The zero-order chi connectivity index (χ0) is 21.8. The van der Waals surface area contributed by atoms with Crippen molar-refractivity contribution in [3.63, 3.8) is 0 Å². The van der Waals surface area contributed by atoms with Gasteiger partial charge in [0.25, 0.3) is 0 Å². The van der Waals surface area contributed by atoms with E-state index in [9.17, 15) is 9.59 Å². The van der Waals surface area contributed by atoms with Gasteiger partial charge >= 0.3 is 6.09 Å². The number of halogens is 1. The predicted octanol–water partition coefficient (Wildman–Crippen LogP) is 2.25. The summed E-state index contributed by atoms with van der Waals surface area (Å²) < 4.78 is 0.872. The second kappa shape index (κ2) is 9.21. The highest BCUT2D eigenvalue weighted by Crippen LogP contribution is 2.38. The van der Waals surface area contributed by atoms with Crippen LogP contribution in [0.1, 0.15) is 5.56 Å². The second-order valence-electron chi connectivity index (χ2n) is 7.12. The number of carbonyl (C=O) groups excluding carboxylic acids is 1. The fourth-order valence-corrected chi connectivity index (χ4v) is 4.20. The average Bonchev–Trinajstić information content (AvgIpc) is 3.20. The first kappa shape index (κ1) is 20.9. The van der Waals surface area contributed by atoms with Gasteiger partial charge in [0.05, 0.1) is 21.2 Å². The number of nitrogens with zero attached hydrogens (tertiary/aromatic N) is 4. The van der Waals surface area contributed by atoms with Crippen LogP contribution in [0.25, 0.3) is 11.0 Å². The molecule has 1 aliphatic heterocycles. The number of piperazine rings is 1. The van der Waals surface area contributed by atoms with Crippen LogP contribution in [-0.4, -0.2) is 69.7 Å². The molecule has 1 fully saturated rings. The summed E-state index contributed by atoms with van der Waals surface area (Å²) in [5.41, 5.74) is 3.79. The molecule has 11 heteroatoms. The van der Waals surface area contributed by atoms with E-state index in [0.717, 1.165) is 32.4 Å². The SMILES string of the molecule is O=C(O)NCC(=O)N1CCN(c2c(Br)cnc3[nH]cc(NCc4cccnc4)c23)CC1. The molecule has 3 aromatic heterocycles. The number of amides is 2. The molecule has 4 N–H and O–H groups in total. The molecule has 0 radical (unpaired) electrons. The summed E-state index contributed by atoms with van der Waals surface area (Å²) in [6.07, 6.45) is 6.05. The van der Waals surface area contributed by atoms with Crippen LogP contribution >= 0.6 is 15.9 Å². The lowest BCUT2D eigenvalue weighted by Gasteiger charge is -2.37. The van der Waals surface area contributed by atoms with Gasteiger partial charge in [-0.05, 0) is 27.6 Å². The minimum absolute atomic E-state index is 0.210. The van der Waals surface area contributed by atoms with E-state index in [1.54, 1.807) is 17.3 Å². The molecule has 1 saturated heterocycles. The number of aromatic amines is 1. The molecule has 0 aromatic carbocycles. The second-order valence-corrected chi connectivity index (χ2v) is 7.98. The van der Waals surface area contributed by atoms with Crippen LogP contribution in [0.5, 0.6) is 0 Å². The number of nitrogens with one attached hydrogen (secondary N) is 3. The van der Waals surface area contributed by atoms with E-state index in [-0.39, 0.29) is 12.5 Å². The number of anilines is 2. The highest BCUT2D eigenvalue weighted by molar-refractivity contribution is 9.10. The molecule has 2 amide bonds. The summed E-state index contributed by atoms with van der Waals surface area (Å²) in [5.74, 6) is -0.221. The van der Waals surface area contributed by atoms with E-state index in [1.807, 2.05) is 24.5 Å². The molecule has 0 unspecified atom stereocenters. The van der Waals surface area contributed by atoms with Gasteiger partial charge in [0.1, 0.15) is 12.2 Å². The molecule has 0 aliphatic carbocycles. The van der Waals surface area contributed by atoms with Crippen molar-refractivity contribution < 1.29 is 14.7 Å². The molecular weight excluding hydrogens is 466 g/mol. The Labute approximate surface area is 186 Å². The van der Waals surface area contributed by atoms with Gasteiger partial charge in [0.15, 0.2) is 0 Å². The number of hydrogen-bond donors (Lipinski definition) is 4. The third-order valence-electron chi connectivity index (χ3n) is 5.17. The van der Waals surface area contributed by atoms with Crippen molar-refractivity contribution >= 4 is 50.3 Å². The van der Waals surface area contributed by atoms with Crippen LogP contribution in [-0.2, 0) is 11.3 Å². The average molecular weight is 488 g/mol. The van der Waals surface area contributed by atoms with E-state index < -0.39 is 6.09 Å². The van der Waals surface area contributed by atoms with Crippen LogP contribution < -0.4 is 15.5 Å². The van der Waals surface area contributed by atoms with Gasteiger partial charge in [-0.3, -0.25) is 9.78 Å². The molecule has 4 rings (SSSR count). The fraction of sp³-hybridized carbons (Fsp3) is 0.300. The van der Waals surface area contributed by atoms with E-state index in [2.05, 4.69) is 46.4 Å². The van der Waals surface area contributed by atoms with Crippen molar-refractivity contribution in [1.82, 2.24) is 25.2 Å². The summed E-state index contributed by atoms with van der Waals surface area (Å²) >= 11 is 3.64. The fourth-order valence-electron chi connectivity index (χ4n) is 3.65. The zero-order valence-corrected chi connectivity index (χ0v) is 18.2. The maximum atomic E-state index is 12.2. The van der Waals surface area contributed by atoms with Gasteiger partial charge in [0, 0.05) is 57.5 Å². The van der Waals surface area contributed by atoms with Crippen LogP contribution in [0.15, 0.2) is 41.4 Å². The van der Waals surface area contributed by atoms with Crippen LogP contribution in [0.2, 0.25) is 0 Å². The molecular formula is C20H22BrN7O3. The van der Waals surface area contributed by atoms with Gasteiger partial charge in [0.2, 0.25) is 5.91 Å². The summed E-state index contributed by atoms with van der Waals surface area (Å²) in [6, 6.07) is 3.92. The molecule has 0 saturated carbocycles. The van der Waals surface area contributed by atoms with E-state index in [0.29, 0.717) is 32.7 Å². The van der Waals surface area contributed by atoms with Crippen LogP contribution in [0.4, 0.5) is 16.2 Å². The number of hydrogen-bond acceptors (Lipinski definition) is 6. The number of H-pyrrole nitrogens is 1. The normalized spacial score (nSPS) is 14.0. The van der Waals surface area contributed by atoms with Gasteiger partial charge in [-0.1, -0.05) is 6.07 Å². The molecule has 4 heterocycles. The Morgan fingerprint density at radius 2 is 2.03 bits per heavy atom. The lowest BCUT2D eigenvalue weighted by Crippen LogP contribution is -2.51. The highest BCUT2D eigenvalue weighted by Gasteiger charge is 2.25. The van der Waals surface area contributed by atoms with Gasteiger partial charge < -0.3 is 30.5 Å². The van der Waals surface area contributed by atoms with Gasteiger partial charge in [-0.15, -0.1) is 0 Å². The smallest absolute Gasteiger partial charge is 0.405 e. The number of rotatable bonds is 6. The summed E-state index contributed by atoms with van der Waals surface area (Å²) in [6.45, 7) is 2.70. The molecule has 0 spiro atoms. The first-order chi connectivity index (χ1) is 15.0. The summed E-state index contributed by atoms with van der Waals surface area (Å²) in [5, 5.41) is 15.3. The largest absolute Gasteiger partial charge is 0.465 e. The van der Waals surface area contributed by atoms with E-state index in [4.69, 9.17) is 5.11 Å². The zero-order valence-electron chi connectivity index (χ0n) is 16.6. The monoisotopic (exact) mass is 487 g/mol. The Kier molecular flexibility index (Phi) is 6.21. The van der Waals surface area contributed by atoms with Crippen molar-refractivity contribution in [1.29, 1.82) is 0 Å². The Bertz CT molecular complexity index is 1080. The first-order valence-corrected chi connectivity index (χ1v) is 10.6. The number of pyridine rings is 2. The third-order valence-corrected chi connectivity index (χ3v) is 5.75. The van der Waals surface area contributed by atoms with Crippen molar-refractivity contribution in [3.05, 3.63) is 47.0 Å². The minimum Gasteiger partial charge on any atom is -0.465 e. The third kappa shape index (κ3) is 4.71. The summed E-state index contributed by atoms with van der Waals surface area (Å²) in [4.78, 5) is 38.6. The van der Waals surface area contributed by atoms with Crippen molar-refractivity contribution in [2.45, 2.75) is 6.54 Å². The maximum Gasteiger partial charge on any atom is 0.405 e. The molecule has 1 aliphatic rings. The Morgan fingerprint density at radius 1 is 1.23 bits per heavy atom. The lowest BCUT2D eigenvalue weighted by molar-refractivity contribution is -0.130. The highest BCUT2D eigenvalue weighted by atomic mass is 79.9. The lowest BCUT2D eigenvalue weighted by atomic mass is 10.2. The molecule has 10 nitrogen and oxygen atoms in total. The van der Waals surface area contributed by atoms with E-state index in [1.165, 1.54) is 0 Å². The Morgan fingerprint density at radius 3 is 2.74 bits per heavy atom. The van der Waals surface area contributed by atoms with E-state index >= 15 is 0 Å². The van der Waals surface area contributed by atoms with Crippen LogP contribution in [0.3, 0.4) is 0 Å². The number of fused-ring (bicyclic) bond motifs is 1. The maximum absolute atomic E-state index is 12.2. The molecule has 0 atom stereocenters. The van der Waals surface area contributed by atoms with Crippen molar-refractivity contribution in [3.8, 4) is 0 Å². The summed E-state index contributed by atoms with van der Waals surface area (Å²) in [7, 11) is 0. The standard InChI is InChI=1S/C20H22BrN7O3/c21-14-10-24-19-17(15(11-25-19)23-9-13-2-1-3-22-8-13)18(14)28-6-4-27(5-7-28)16(29)12-26-20(30)31/h1-3,8,10-11,23,26H,4-7,9,12H2,(H,24,25)(H,30,31). The van der Waals surface area contributed by atoms with Crippen molar-refractivity contribution in [2.24, 2.45) is 0 Å². The molecule has 0 bridgehead atoms. The quantitative estimate of drug-likeness (QED) is 0.419. The number of aromatic nitrogens is 3. The minimum atomic E-state index is -1.20. The molecule has 162 valence electrons. The molecule has 31 heavy (non-hydrogen) atoms. The Hall–Kier alpha value is -3.34. The van der Waals surface area contributed by atoms with Crippen LogP contribution in [0, 0.1) is 0 Å². The number of carboxylic acid groups (broad SMARTS) is 1. The molecule has 3 aromatic rings. The predicted molar refractivity (Wildman–Crippen MR) is 120 cm³/mol. The Balaban J connectivity index is 1.51.